The Morgan fingerprint density at radius 2 is 1.81 bits per heavy atom. The van der Waals surface area contributed by atoms with Gasteiger partial charge in [0, 0.05) is 6.61 Å². The third-order valence-electron chi connectivity index (χ3n) is 4.55. The van der Waals surface area contributed by atoms with E-state index in [4.69, 9.17) is 15.2 Å². The van der Waals surface area contributed by atoms with Crippen LogP contribution in [-0.4, -0.2) is 48.4 Å². The molecule has 0 aromatic heterocycles. The Balaban J connectivity index is 1.90. The molecule has 2 aromatic rings. The average molecular weight is 395 g/mol. The van der Waals surface area contributed by atoms with E-state index in [1.165, 1.54) is 24.3 Å². The smallest absolute Gasteiger partial charge is 0.279 e. The van der Waals surface area contributed by atoms with Gasteiger partial charge in [-0.25, -0.2) is 12.8 Å². The minimum atomic E-state index is -3.92. The quantitative estimate of drug-likeness (QED) is 0.608. The summed E-state index contributed by atoms with van der Waals surface area (Å²) in [5, 5.41) is 16.2. The predicted octanol–water partition coefficient (Wildman–Crippen LogP) is 2.28. The number of hydroxylamine groups is 2. The highest BCUT2D eigenvalue weighted by Crippen LogP contribution is 2.30. The van der Waals surface area contributed by atoms with Gasteiger partial charge in [-0.1, -0.05) is 29.5 Å². The first-order valence-corrected chi connectivity index (χ1v) is 9.74. The van der Waals surface area contributed by atoms with Gasteiger partial charge in [0.2, 0.25) is 0 Å². The minimum absolute atomic E-state index is 0.00483. The fourth-order valence-corrected chi connectivity index (χ4v) is 5.05. The summed E-state index contributed by atoms with van der Waals surface area (Å²) in [6, 6.07) is 11.8. The standard InChI is InChI=1S/C18H18FNO6S/c19-14-3-1-2-13(10-14)12-4-6-15(7-5-12)27(24,25)17-8-9-26-11-16(17)18(21)20(22)23/h1-7,10,16-17,22-23H,8-9,11H2. The Morgan fingerprint density at radius 3 is 2.44 bits per heavy atom. The van der Waals surface area contributed by atoms with Crippen LogP contribution in [0.5, 0.6) is 0 Å². The Labute approximate surface area is 155 Å². The SMILES string of the molecule is O=C(C1COCCC1S(=O)(=O)c1ccc(-c2cccc(F)c2)cc1)N(O)O. The van der Waals surface area contributed by atoms with Crippen LogP contribution in [0.15, 0.2) is 53.4 Å². The van der Waals surface area contributed by atoms with Crippen LogP contribution in [0.4, 0.5) is 4.39 Å². The maximum Gasteiger partial charge on any atom is 0.279 e. The topological polar surface area (TPSA) is 104 Å². The first-order valence-electron chi connectivity index (χ1n) is 8.20. The van der Waals surface area contributed by atoms with Gasteiger partial charge in [-0.15, -0.1) is 0 Å². The Morgan fingerprint density at radius 1 is 1.11 bits per heavy atom. The van der Waals surface area contributed by atoms with Gasteiger partial charge in [0.25, 0.3) is 5.91 Å². The summed E-state index contributed by atoms with van der Waals surface area (Å²) in [7, 11) is -3.92. The van der Waals surface area contributed by atoms with Crippen LogP contribution in [0.25, 0.3) is 11.1 Å². The molecule has 1 fully saturated rings. The van der Waals surface area contributed by atoms with Crippen molar-refractivity contribution in [1.82, 2.24) is 5.23 Å². The molecule has 9 heteroatoms. The van der Waals surface area contributed by atoms with E-state index in [1.807, 2.05) is 0 Å². The van der Waals surface area contributed by atoms with Gasteiger partial charge >= 0.3 is 0 Å². The van der Waals surface area contributed by atoms with Crippen LogP contribution in [0.2, 0.25) is 0 Å². The molecule has 3 rings (SSSR count). The van der Waals surface area contributed by atoms with Gasteiger partial charge in [0.15, 0.2) is 9.84 Å². The first kappa shape index (κ1) is 19.4. The van der Waals surface area contributed by atoms with E-state index >= 15 is 0 Å². The van der Waals surface area contributed by atoms with Gasteiger partial charge in [0.1, 0.15) is 5.82 Å². The molecule has 1 saturated heterocycles. The lowest BCUT2D eigenvalue weighted by atomic mass is 10.0. The predicted molar refractivity (Wildman–Crippen MR) is 92.2 cm³/mol. The summed E-state index contributed by atoms with van der Waals surface area (Å²) in [6.45, 7) is -0.0758. The highest BCUT2D eigenvalue weighted by atomic mass is 32.2. The van der Waals surface area contributed by atoms with Crippen LogP contribution in [0.3, 0.4) is 0 Å². The monoisotopic (exact) mass is 395 g/mol. The van der Waals surface area contributed by atoms with Gasteiger partial charge in [-0.2, -0.15) is 0 Å². The average Bonchev–Trinajstić information content (AvgIpc) is 2.67. The number of amides is 1. The maximum atomic E-state index is 13.4. The number of hydrogen-bond donors (Lipinski definition) is 2. The molecule has 1 heterocycles. The van der Waals surface area contributed by atoms with Gasteiger partial charge < -0.3 is 4.74 Å². The number of halogens is 1. The Hall–Kier alpha value is -2.33. The highest BCUT2D eigenvalue weighted by molar-refractivity contribution is 7.92. The third-order valence-corrected chi connectivity index (χ3v) is 6.84. The first-order chi connectivity index (χ1) is 12.8. The summed E-state index contributed by atoms with van der Waals surface area (Å²) in [5.41, 5.74) is 1.25. The lowest BCUT2D eigenvalue weighted by Gasteiger charge is -2.30. The molecule has 7 nitrogen and oxygen atoms in total. The summed E-state index contributed by atoms with van der Waals surface area (Å²) < 4.78 is 44.5. The van der Waals surface area contributed by atoms with Gasteiger partial charge in [-0.05, 0) is 41.8 Å². The molecule has 0 bridgehead atoms. The Bertz CT molecular complexity index is 929. The highest BCUT2D eigenvalue weighted by Gasteiger charge is 2.42. The second kappa shape index (κ2) is 7.73. The summed E-state index contributed by atoms with van der Waals surface area (Å²) in [6.07, 6.45) is 0.0538. The third kappa shape index (κ3) is 4.01. The van der Waals surface area contributed by atoms with Crippen molar-refractivity contribution in [2.24, 2.45) is 5.92 Å². The molecule has 27 heavy (non-hydrogen) atoms. The van der Waals surface area contributed by atoms with Crippen molar-refractivity contribution in [2.75, 3.05) is 13.2 Å². The largest absolute Gasteiger partial charge is 0.381 e. The lowest BCUT2D eigenvalue weighted by molar-refractivity contribution is -0.289. The van der Waals surface area contributed by atoms with Crippen LogP contribution >= 0.6 is 0 Å². The van der Waals surface area contributed by atoms with E-state index in [1.54, 1.807) is 24.3 Å². The molecular formula is C18H18FNO6S. The fraction of sp³-hybridized carbons (Fsp3) is 0.278. The van der Waals surface area contributed by atoms with Crippen LogP contribution in [0.1, 0.15) is 6.42 Å². The normalized spacial score (nSPS) is 20.3. The molecule has 0 spiro atoms. The van der Waals surface area contributed by atoms with Crippen LogP contribution in [0, 0.1) is 11.7 Å². The summed E-state index contributed by atoms with van der Waals surface area (Å²) in [4.78, 5) is 11.9. The molecule has 1 aliphatic heterocycles. The maximum absolute atomic E-state index is 13.4. The number of benzene rings is 2. The van der Waals surface area contributed by atoms with E-state index in [0.717, 1.165) is 0 Å². The number of carbonyl (C=O) groups is 1. The molecule has 0 radical (unpaired) electrons. The number of nitrogens with zero attached hydrogens (tertiary/aromatic N) is 1. The van der Waals surface area contributed by atoms with E-state index in [9.17, 15) is 17.6 Å². The van der Waals surface area contributed by atoms with Crippen molar-refractivity contribution in [2.45, 2.75) is 16.6 Å². The van der Waals surface area contributed by atoms with Crippen LogP contribution in [-0.2, 0) is 19.4 Å². The fourth-order valence-electron chi connectivity index (χ4n) is 3.15. The molecule has 2 aromatic carbocycles. The zero-order valence-electron chi connectivity index (χ0n) is 14.2. The molecular weight excluding hydrogens is 377 g/mol. The number of sulfone groups is 1. The number of carbonyl (C=O) groups excluding carboxylic acids is 1. The molecule has 1 aliphatic rings. The molecule has 0 saturated carbocycles. The molecule has 0 aliphatic carbocycles. The molecule has 2 atom stereocenters. The van der Waals surface area contributed by atoms with Crippen molar-refractivity contribution in [1.29, 1.82) is 0 Å². The summed E-state index contributed by atoms with van der Waals surface area (Å²) in [5.74, 6) is -2.76. The van der Waals surface area contributed by atoms with E-state index in [2.05, 4.69) is 0 Å². The van der Waals surface area contributed by atoms with Crippen molar-refractivity contribution >= 4 is 15.7 Å². The minimum Gasteiger partial charge on any atom is -0.381 e. The van der Waals surface area contributed by atoms with E-state index in [0.29, 0.717) is 11.1 Å². The van der Waals surface area contributed by atoms with Gasteiger partial charge in [-0.3, -0.25) is 15.2 Å². The van der Waals surface area contributed by atoms with Crippen molar-refractivity contribution in [3.05, 3.63) is 54.3 Å². The van der Waals surface area contributed by atoms with E-state index in [-0.39, 0.29) is 24.5 Å². The second-order valence-electron chi connectivity index (χ2n) is 6.22. The summed E-state index contributed by atoms with van der Waals surface area (Å²) >= 11 is 0. The number of ether oxygens (including phenoxy) is 1. The molecule has 144 valence electrons. The molecule has 2 unspecified atom stereocenters. The van der Waals surface area contributed by atoms with E-state index < -0.39 is 38.0 Å². The zero-order chi connectivity index (χ0) is 19.6. The van der Waals surface area contributed by atoms with Crippen LogP contribution < -0.4 is 0 Å². The second-order valence-corrected chi connectivity index (χ2v) is 8.38. The Kier molecular flexibility index (Phi) is 5.56. The zero-order valence-corrected chi connectivity index (χ0v) is 15.0. The number of hydrogen-bond acceptors (Lipinski definition) is 6. The van der Waals surface area contributed by atoms with Gasteiger partial charge in [0.05, 0.1) is 22.7 Å². The lowest BCUT2D eigenvalue weighted by Crippen LogP contribution is -2.46. The van der Waals surface area contributed by atoms with Crippen molar-refractivity contribution in [3.63, 3.8) is 0 Å². The van der Waals surface area contributed by atoms with Crippen molar-refractivity contribution < 1.29 is 32.8 Å². The number of rotatable bonds is 4. The van der Waals surface area contributed by atoms with Crippen molar-refractivity contribution in [3.8, 4) is 11.1 Å². The molecule has 1 amide bonds. The molecule has 2 N–H and O–H groups in total.